The van der Waals surface area contributed by atoms with E-state index in [1.807, 2.05) is 36.4 Å². The van der Waals surface area contributed by atoms with Crippen molar-refractivity contribution < 1.29 is 19.0 Å². The lowest BCUT2D eigenvalue weighted by atomic mass is 9.78. The van der Waals surface area contributed by atoms with E-state index in [0.29, 0.717) is 35.1 Å². The van der Waals surface area contributed by atoms with Crippen molar-refractivity contribution in [3.05, 3.63) is 108 Å². The Labute approximate surface area is 238 Å². The summed E-state index contributed by atoms with van der Waals surface area (Å²) >= 11 is 0. The first-order chi connectivity index (χ1) is 19.8. The average Bonchev–Trinajstić information content (AvgIpc) is 3.59. The van der Waals surface area contributed by atoms with E-state index < -0.39 is 0 Å². The van der Waals surface area contributed by atoms with E-state index in [1.54, 1.807) is 18.2 Å². The van der Waals surface area contributed by atoms with Crippen LogP contribution in [0, 0.1) is 0 Å². The number of oxazole rings is 2. The van der Waals surface area contributed by atoms with Crippen LogP contribution in [0.2, 0.25) is 0 Å². The highest BCUT2D eigenvalue weighted by molar-refractivity contribution is 5.80. The van der Waals surface area contributed by atoms with Crippen molar-refractivity contribution in [2.45, 2.75) is 45.4 Å². The van der Waals surface area contributed by atoms with Gasteiger partial charge in [-0.3, -0.25) is 0 Å². The van der Waals surface area contributed by atoms with Crippen molar-refractivity contribution in [2.24, 2.45) is 0 Å². The quantitative estimate of drug-likeness (QED) is 0.186. The normalized spacial score (nSPS) is 11.9. The summed E-state index contributed by atoms with van der Waals surface area (Å²) in [5.74, 6) is 1.57. The second kappa shape index (κ2) is 10.3. The van der Waals surface area contributed by atoms with Crippen molar-refractivity contribution in [3.8, 4) is 34.4 Å². The number of aryl methyl sites for hydroxylation is 1. The van der Waals surface area contributed by atoms with Crippen LogP contribution in [0.4, 0.5) is 0 Å². The van der Waals surface area contributed by atoms with E-state index in [2.05, 4.69) is 51.6 Å². The smallest absolute Gasteiger partial charge is 0.227 e. The van der Waals surface area contributed by atoms with Gasteiger partial charge in [0.15, 0.2) is 11.2 Å². The van der Waals surface area contributed by atoms with Gasteiger partial charge >= 0.3 is 0 Å². The van der Waals surface area contributed by atoms with Crippen LogP contribution in [-0.4, -0.2) is 20.2 Å². The van der Waals surface area contributed by atoms with Gasteiger partial charge in [-0.25, -0.2) is 9.97 Å². The van der Waals surface area contributed by atoms with Crippen LogP contribution in [0.5, 0.6) is 11.5 Å². The summed E-state index contributed by atoms with van der Waals surface area (Å²) < 4.78 is 12.2. The minimum Gasteiger partial charge on any atom is -0.508 e. The fraction of sp³-hybridized carbons (Fsp3) is 0.200. The Morgan fingerprint density at radius 1 is 0.732 bits per heavy atom. The molecule has 0 amide bonds. The van der Waals surface area contributed by atoms with Crippen LogP contribution in [0.15, 0.2) is 94.3 Å². The molecule has 2 N–H and O–H groups in total. The van der Waals surface area contributed by atoms with E-state index in [-0.39, 0.29) is 11.2 Å². The van der Waals surface area contributed by atoms with E-state index in [1.165, 1.54) is 0 Å². The molecule has 206 valence electrons. The number of hydrogen-bond donors (Lipinski definition) is 2. The molecule has 0 aliphatic rings. The summed E-state index contributed by atoms with van der Waals surface area (Å²) in [6.07, 6.45) is 4.05. The highest BCUT2D eigenvalue weighted by Crippen LogP contribution is 2.37. The molecule has 6 rings (SSSR count). The Kier molecular flexibility index (Phi) is 6.62. The number of hydrogen-bond acceptors (Lipinski definition) is 6. The molecule has 0 atom stereocenters. The van der Waals surface area contributed by atoms with Gasteiger partial charge in [0, 0.05) is 16.5 Å². The predicted octanol–water partition coefficient (Wildman–Crippen LogP) is 8.72. The number of rotatable bonds is 8. The number of phenols is 2. The summed E-state index contributed by atoms with van der Waals surface area (Å²) in [5.41, 5.74) is 8.13. The number of fused-ring (bicyclic) bond motifs is 2. The SMILES string of the molecule is C=CCc1cc(-c2nc3cc(C(C)(C)c4ccc5oc(-c6ccc(O)c(CCC)c6)nc5c4)ccc3o2)ccc1O. The monoisotopic (exact) mass is 544 g/mol. The lowest BCUT2D eigenvalue weighted by molar-refractivity contribution is 0.467. The van der Waals surface area contributed by atoms with Crippen molar-refractivity contribution in [1.82, 2.24) is 9.97 Å². The first-order valence-electron chi connectivity index (χ1n) is 13.8. The Morgan fingerprint density at radius 3 is 1.76 bits per heavy atom. The van der Waals surface area contributed by atoms with Gasteiger partial charge in [-0.2, -0.15) is 0 Å². The van der Waals surface area contributed by atoms with Crippen LogP contribution in [-0.2, 0) is 18.3 Å². The molecule has 0 saturated carbocycles. The maximum atomic E-state index is 10.2. The summed E-state index contributed by atoms with van der Waals surface area (Å²) in [7, 11) is 0. The standard InChI is InChI=1S/C35H32N2O4/c1-5-7-21-17-23(9-13-29(21)38)33-36-27-19-25(11-15-31(27)40-33)35(3,4)26-12-16-32-28(20-26)37-34(41-32)24-10-14-30(39)22(18-24)8-6-2/h5,9-20,38-39H,1,6-8H2,2-4H3. The molecular weight excluding hydrogens is 512 g/mol. The van der Waals surface area contributed by atoms with Gasteiger partial charge in [0.1, 0.15) is 22.5 Å². The van der Waals surface area contributed by atoms with Crippen molar-refractivity contribution in [3.63, 3.8) is 0 Å². The zero-order valence-electron chi connectivity index (χ0n) is 23.4. The van der Waals surface area contributed by atoms with Crippen molar-refractivity contribution in [2.75, 3.05) is 0 Å². The molecule has 2 aromatic heterocycles. The first kappa shape index (κ1) is 26.4. The van der Waals surface area contributed by atoms with E-state index in [4.69, 9.17) is 18.8 Å². The molecule has 0 aliphatic carbocycles. The Balaban J connectivity index is 1.33. The molecule has 6 nitrogen and oxygen atoms in total. The second-order valence-corrected chi connectivity index (χ2v) is 11.0. The minimum absolute atomic E-state index is 0.231. The molecule has 6 heteroatoms. The lowest BCUT2D eigenvalue weighted by Gasteiger charge is -2.26. The molecule has 4 aromatic carbocycles. The molecule has 0 radical (unpaired) electrons. The van der Waals surface area contributed by atoms with Gasteiger partial charge < -0.3 is 19.0 Å². The first-order valence-corrected chi connectivity index (χ1v) is 13.8. The molecule has 6 aromatic rings. The Morgan fingerprint density at radius 2 is 1.24 bits per heavy atom. The largest absolute Gasteiger partial charge is 0.508 e. The third kappa shape index (κ3) is 4.86. The highest BCUT2D eigenvalue weighted by atomic mass is 16.4. The maximum absolute atomic E-state index is 10.2. The van der Waals surface area contributed by atoms with Crippen LogP contribution in [0.3, 0.4) is 0 Å². The number of aromatic nitrogens is 2. The fourth-order valence-electron chi connectivity index (χ4n) is 5.27. The van der Waals surface area contributed by atoms with Gasteiger partial charge in [0.2, 0.25) is 11.8 Å². The third-order valence-corrected chi connectivity index (χ3v) is 7.75. The highest BCUT2D eigenvalue weighted by Gasteiger charge is 2.25. The van der Waals surface area contributed by atoms with Crippen molar-refractivity contribution in [1.29, 1.82) is 0 Å². The number of nitrogens with zero attached hydrogens (tertiary/aromatic N) is 2. The lowest BCUT2D eigenvalue weighted by Crippen LogP contribution is -2.18. The summed E-state index contributed by atoms with van der Waals surface area (Å²) in [5, 5.41) is 20.3. The summed E-state index contributed by atoms with van der Waals surface area (Å²) in [6.45, 7) is 10.2. The summed E-state index contributed by atoms with van der Waals surface area (Å²) in [6, 6.07) is 23.1. The molecule has 0 fully saturated rings. The average molecular weight is 545 g/mol. The molecule has 0 aliphatic heterocycles. The number of phenolic OH excluding ortho intramolecular Hbond substituents is 2. The number of benzene rings is 4. The van der Waals surface area contributed by atoms with Crippen LogP contribution >= 0.6 is 0 Å². The van der Waals surface area contributed by atoms with Gasteiger partial charge in [0.25, 0.3) is 0 Å². The fourth-order valence-corrected chi connectivity index (χ4v) is 5.27. The molecular formula is C35H32N2O4. The Bertz CT molecular complexity index is 1910. The second-order valence-electron chi connectivity index (χ2n) is 11.0. The van der Waals surface area contributed by atoms with Gasteiger partial charge in [0.05, 0.1) is 0 Å². The zero-order chi connectivity index (χ0) is 28.7. The predicted molar refractivity (Wildman–Crippen MR) is 162 cm³/mol. The minimum atomic E-state index is -0.344. The molecule has 2 heterocycles. The number of allylic oxidation sites excluding steroid dienone is 1. The van der Waals surface area contributed by atoms with Gasteiger partial charge in [-0.05, 0) is 95.8 Å². The molecule has 0 spiro atoms. The summed E-state index contributed by atoms with van der Waals surface area (Å²) in [4.78, 5) is 9.57. The van der Waals surface area contributed by atoms with E-state index >= 15 is 0 Å². The molecule has 41 heavy (non-hydrogen) atoms. The topological polar surface area (TPSA) is 92.5 Å². The molecule has 0 saturated heterocycles. The zero-order valence-corrected chi connectivity index (χ0v) is 23.4. The third-order valence-electron chi connectivity index (χ3n) is 7.75. The number of aromatic hydroxyl groups is 2. The van der Waals surface area contributed by atoms with Crippen LogP contribution < -0.4 is 0 Å². The van der Waals surface area contributed by atoms with Gasteiger partial charge in [-0.1, -0.05) is 45.4 Å². The molecule has 0 bridgehead atoms. The maximum Gasteiger partial charge on any atom is 0.227 e. The molecule has 0 unspecified atom stereocenters. The van der Waals surface area contributed by atoms with E-state index in [0.717, 1.165) is 57.3 Å². The van der Waals surface area contributed by atoms with Crippen LogP contribution in [0.1, 0.15) is 49.4 Å². The van der Waals surface area contributed by atoms with Gasteiger partial charge in [-0.15, -0.1) is 6.58 Å². The van der Waals surface area contributed by atoms with E-state index in [9.17, 15) is 10.2 Å². The van der Waals surface area contributed by atoms with Crippen molar-refractivity contribution >= 4 is 22.2 Å². The Hall–Kier alpha value is -4.84. The van der Waals surface area contributed by atoms with Crippen LogP contribution in [0.25, 0.3) is 45.1 Å².